The van der Waals surface area contributed by atoms with Gasteiger partial charge in [-0.05, 0) is 24.2 Å². The van der Waals surface area contributed by atoms with Gasteiger partial charge in [0.2, 0.25) is 11.5 Å². The van der Waals surface area contributed by atoms with Crippen LogP contribution < -0.4 is 11.1 Å². The minimum atomic E-state index is -0.607. The van der Waals surface area contributed by atoms with Crippen LogP contribution in [-0.2, 0) is 9.47 Å². The van der Waals surface area contributed by atoms with E-state index in [1.807, 2.05) is 13.8 Å². The quantitative estimate of drug-likeness (QED) is 0.736. The molecule has 0 bridgehead atoms. The molecule has 1 aromatic rings. The fraction of sp³-hybridized carbons (Fsp3) is 0.667. The summed E-state index contributed by atoms with van der Waals surface area (Å²) in [5, 5.41) is 9.33. The maximum Gasteiger partial charge on any atom is 0.277 e. The Morgan fingerprint density at radius 2 is 2.35 bits per heavy atom. The predicted molar refractivity (Wildman–Crippen MR) is 55.9 cm³/mol. The van der Waals surface area contributed by atoms with Crippen molar-refractivity contribution in [2.75, 3.05) is 18.9 Å². The van der Waals surface area contributed by atoms with Crippen LogP contribution in [0.4, 0.5) is 5.82 Å². The Bertz CT molecular complexity index is 417. The highest BCUT2D eigenvalue weighted by Gasteiger charge is 2.32. The van der Waals surface area contributed by atoms with Crippen molar-refractivity contribution in [3.8, 4) is 0 Å². The largest absolute Gasteiger partial charge is 0.379 e. The van der Waals surface area contributed by atoms with Gasteiger partial charge in [-0.3, -0.25) is 4.79 Å². The highest BCUT2D eigenvalue weighted by atomic mass is 16.7. The molecule has 1 fully saturated rings. The first kappa shape index (κ1) is 11.8. The second kappa shape index (κ2) is 4.30. The Balaban J connectivity index is 1.84. The van der Waals surface area contributed by atoms with Crippen molar-refractivity contribution in [3.05, 3.63) is 5.69 Å². The molecule has 1 amide bonds. The second-order valence-corrected chi connectivity index (χ2v) is 4.16. The molecule has 1 aliphatic rings. The number of nitrogens with two attached hydrogens (primary N) is 1. The summed E-state index contributed by atoms with van der Waals surface area (Å²) >= 11 is 0. The molecule has 17 heavy (non-hydrogen) atoms. The number of nitrogen functional groups attached to an aromatic ring is 1. The van der Waals surface area contributed by atoms with E-state index >= 15 is 0 Å². The maximum atomic E-state index is 11.6. The summed E-state index contributed by atoms with van der Waals surface area (Å²) in [5.74, 6) is -1.09. The number of hydrogen-bond acceptors (Lipinski definition) is 7. The summed E-state index contributed by atoms with van der Waals surface area (Å²) < 4.78 is 15.2. The third-order valence-electron chi connectivity index (χ3n) is 2.29. The number of carbonyl (C=O) groups is 1. The molecule has 0 aliphatic carbocycles. The second-order valence-electron chi connectivity index (χ2n) is 4.16. The zero-order valence-electron chi connectivity index (χ0n) is 9.60. The molecular formula is C9H14N4O4. The van der Waals surface area contributed by atoms with Crippen molar-refractivity contribution >= 4 is 11.7 Å². The minimum absolute atomic E-state index is 0.0248. The predicted octanol–water partition coefficient (Wildman–Crippen LogP) is -0.467. The Morgan fingerprint density at radius 1 is 1.59 bits per heavy atom. The van der Waals surface area contributed by atoms with Gasteiger partial charge in [0, 0.05) is 6.54 Å². The summed E-state index contributed by atoms with van der Waals surface area (Å²) in [6.45, 7) is 4.37. The van der Waals surface area contributed by atoms with Crippen molar-refractivity contribution in [3.63, 3.8) is 0 Å². The highest BCUT2D eigenvalue weighted by Crippen LogP contribution is 2.21. The lowest BCUT2D eigenvalue weighted by atomic mass is 10.3. The molecule has 1 unspecified atom stereocenters. The van der Waals surface area contributed by atoms with Crippen LogP contribution in [0, 0.1) is 0 Å². The van der Waals surface area contributed by atoms with E-state index in [0.717, 1.165) is 0 Å². The highest BCUT2D eigenvalue weighted by molar-refractivity contribution is 5.95. The van der Waals surface area contributed by atoms with E-state index in [1.54, 1.807) is 0 Å². The number of ether oxygens (including phenoxy) is 2. The normalized spacial score (nSPS) is 22.6. The fourth-order valence-electron chi connectivity index (χ4n) is 1.51. The fourth-order valence-corrected chi connectivity index (χ4v) is 1.51. The van der Waals surface area contributed by atoms with Crippen LogP contribution in [0.1, 0.15) is 24.3 Å². The molecule has 0 aromatic carbocycles. The third-order valence-corrected chi connectivity index (χ3v) is 2.29. The van der Waals surface area contributed by atoms with E-state index in [9.17, 15) is 4.79 Å². The Morgan fingerprint density at radius 3 is 2.88 bits per heavy atom. The molecule has 2 rings (SSSR count). The van der Waals surface area contributed by atoms with E-state index < -0.39 is 11.7 Å². The van der Waals surface area contributed by atoms with Gasteiger partial charge in [-0.15, -0.1) is 0 Å². The van der Waals surface area contributed by atoms with Gasteiger partial charge in [0.25, 0.3) is 5.91 Å². The first-order chi connectivity index (χ1) is 7.98. The number of nitrogens with one attached hydrogen (secondary N) is 1. The number of aromatic nitrogens is 2. The standard InChI is InChI=1S/C9H14N4O4/c1-9(2)15-4-5(16-9)3-11-8(14)6-7(10)13-17-12-6/h5H,3-4H2,1-2H3,(H2,10,13)(H,11,14). The van der Waals surface area contributed by atoms with Crippen LogP contribution in [0.5, 0.6) is 0 Å². The number of nitrogens with zero attached hydrogens (tertiary/aromatic N) is 2. The zero-order valence-corrected chi connectivity index (χ0v) is 9.60. The topological polar surface area (TPSA) is 112 Å². The molecule has 1 saturated heterocycles. The van der Waals surface area contributed by atoms with Crippen molar-refractivity contribution in [2.24, 2.45) is 0 Å². The van der Waals surface area contributed by atoms with Gasteiger partial charge >= 0.3 is 0 Å². The zero-order chi connectivity index (χ0) is 12.5. The van der Waals surface area contributed by atoms with Gasteiger partial charge in [0.15, 0.2) is 5.79 Å². The molecular weight excluding hydrogens is 228 g/mol. The average Bonchev–Trinajstić information content (AvgIpc) is 2.81. The molecule has 1 aromatic heterocycles. The summed E-state index contributed by atoms with van der Waals surface area (Å²) in [6.07, 6.45) is -0.185. The first-order valence-electron chi connectivity index (χ1n) is 5.16. The molecule has 8 nitrogen and oxygen atoms in total. The maximum absolute atomic E-state index is 11.6. The van der Waals surface area contributed by atoms with Crippen LogP contribution in [0.2, 0.25) is 0 Å². The molecule has 2 heterocycles. The smallest absolute Gasteiger partial charge is 0.277 e. The minimum Gasteiger partial charge on any atom is -0.379 e. The summed E-state index contributed by atoms with van der Waals surface area (Å²) in [5.41, 5.74) is 5.36. The number of rotatable bonds is 3. The van der Waals surface area contributed by atoms with E-state index in [0.29, 0.717) is 13.2 Å². The van der Waals surface area contributed by atoms with E-state index in [1.165, 1.54) is 0 Å². The first-order valence-corrected chi connectivity index (χ1v) is 5.16. The Labute approximate surface area is 97.4 Å². The van der Waals surface area contributed by atoms with Gasteiger partial charge in [-0.25, -0.2) is 4.63 Å². The number of anilines is 1. The van der Waals surface area contributed by atoms with Gasteiger partial charge in [0.1, 0.15) is 6.10 Å². The molecule has 1 aliphatic heterocycles. The molecule has 0 saturated carbocycles. The lowest BCUT2D eigenvalue weighted by Crippen LogP contribution is -2.34. The SMILES string of the molecule is CC1(C)OCC(CNC(=O)c2nonc2N)O1. The molecule has 0 spiro atoms. The lowest BCUT2D eigenvalue weighted by Gasteiger charge is -2.17. The lowest BCUT2D eigenvalue weighted by molar-refractivity contribution is -0.137. The van der Waals surface area contributed by atoms with Crippen LogP contribution >= 0.6 is 0 Å². The number of carbonyl (C=O) groups excluding carboxylic acids is 1. The van der Waals surface area contributed by atoms with Gasteiger partial charge < -0.3 is 20.5 Å². The molecule has 0 radical (unpaired) electrons. The van der Waals surface area contributed by atoms with Crippen molar-refractivity contribution in [1.82, 2.24) is 15.6 Å². The molecule has 8 heteroatoms. The van der Waals surface area contributed by atoms with E-state index in [2.05, 4.69) is 20.3 Å². The van der Waals surface area contributed by atoms with E-state index in [-0.39, 0.29) is 17.6 Å². The van der Waals surface area contributed by atoms with Crippen LogP contribution in [0.25, 0.3) is 0 Å². The molecule has 3 N–H and O–H groups in total. The Kier molecular flexibility index (Phi) is 2.99. The van der Waals surface area contributed by atoms with E-state index in [4.69, 9.17) is 15.2 Å². The van der Waals surface area contributed by atoms with Gasteiger partial charge in [-0.1, -0.05) is 0 Å². The van der Waals surface area contributed by atoms with Crippen LogP contribution in [0.3, 0.4) is 0 Å². The average molecular weight is 242 g/mol. The van der Waals surface area contributed by atoms with Crippen LogP contribution in [-0.4, -0.2) is 41.3 Å². The monoisotopic (exact) mass is 242 g/mol. The Hall–Kier alpha value is -1.67. The summed E-state index contributed by atoms with van der Waals surface area (Å²) in [6, 6.07) is 0. The number of hydrogen-bond donors (Lipinski definition) is 2. The summed E-state index contributed by atoms with van der Waals surface area (Å²) in [4.78, 5) is 11.6. The van der Waals surface area contributed by atoms with Gasteiger partial charge in [0.05, 0.1) is 6.61 Å². The van der Waals surface area contributed by atoms with Crippen molar-refractivity contribution < 1.29 is 18.9 Å². The van der Waals surface area contributed by atoms with Crippen molar-refractivity contribution in [1.29, 1.82) is 0 Å². The molecule has 94 valence electrons. The third kappa shape index (κ3) is 2.71. The molecule has 1 atom stereocenters. The van der Waals surface area contributed by atoms with Gasteiger partial charge in [-0.2, -0.15) is 0 Å². The number of amides is 1. The van der Waals surface area contributed by atoms with Crippen molar-refractivity contribution in [2.45, 2.75) is 25.7 Å². The summed E-state index contributed by atoms with van der Waals surface area (Å²) in [7, 11) is 0. The van der Waals surface area contributed by atoms with Crippen LogP contribution in [0.15, 0.2) is 4.63 Å².